The number of fused-ring (bicyclic) bond motifs is 1. The number of ether oxygens (including phenoxy) is 2. The number of hydrogen-bond acceptors (Lipinski definition) is 4. The fraction of sp³-hybridized carbons (Fsp3) is 0.0833. The molecule has 0 radical (unpaired) electrons. The van der Waals surface area contributed by atoms with E-state index < -0.39 is 0 Å². The predicted octanol–water partition coefficient (Wildman–Crippen LogP) is 5.18. The van der Waals surface area contributed by atoms with E-state index in [1.807, 2.05) is 72.8 Å². The molecule has 3 aromatic carbocycles. The summed E-state index contributed by atoms with van der Waals surface area (Å²) in [6.45, 7) is 0.398. The lowest BCUT2D eigenvalue weighted by Crippen LogP contribution is -2.18. The monoisotopic (exact) mass is 384 g/mol. The van der Waals surface area contributed by atoms with Crippen molar-refractivity contribution in [2.24, 2.45) is 0 Å². The quantitative estimate of drug-likeness (QED) is 0.477. The number of hydrogen-bond donors (Lipinski definition) is 1. The van der Waals surface area contributed by atoms with Crippen LogP contribution in [0.4, 0.5) is 5.69 Å². The van der Waals surface area contributed by atoms with Crippen molar-refractivity contribution in [3.8, 4) is 11.5 Å². The van der Waals surface area contributed by atoms with Crippen LogP contribution in [-0.4, -0.2) is 17.5 Å². The van der Waals surface area contributed by atoms with Gasteiger partial charge in [0.1, 0.15) is 17.9 Å². The molecule has 0 unspecified atom stereocenters. The second kappa shape index (κ2) is 8.99. The fourth-order valence-electron chi connectivity index (χ4n) is 2.92. The SMILES string of the molecule is O=C(COCc1ccccc1)Nc1ccc(Oc2cccc3cccnc23)cc1. The average molecular weight is 384 g/mol. The Bertz CT molecular complexity index is 1090. The van der Waals surface area contributed by atoms with Crippen molar-refractivity contribution in [1.29, 1.82) is 0 Å². The van der Waals surface area contributed by atoms with Gasteiger partial charge in [0.15, 0.2) is 5.75 Å². The second-order valence-electron chi connectivity index (χ2n) is 6.48. The molecule has 4 aromatic rings. The van der Waals surface area contributed by atoms with Gasteiger partial charge in [0.2, 0.25) is 5.91 Å². The van der Waals surface area contributed by atoms with Crippen LogP contribution in [0.25, 0.3) is 10.9 Å². The van der Waals surface area contributed by atoms with E-state index in [1.165, 1.54) is 0 Å². The molecule has 0 saturated heterocycles. The first-order valence-electron chi connectivity index (χ1n) is 9.31. The van der Waals surface area contributed by atoms with Gasteiger partial charge in [0.25, 0.3) is 0 Å². The van der Waals surface area contributed by atoms with E-state index in [2.05, 4.69) is 10.3 Å². The second-order valence-corrected chi connectivity index (χ2v) is 6.48. The Hall–Kier alpha value is -3.70. The first-order chi connectivity index (χ1) is 14.3. The van der Waals surface area contributed by atoms with E-state index in [0.29, 0.717) is 23.8 Å². The highest BCUT2D eigenvalue weighted by molar-refractivity contribution is 5.91. The lowest BCUT2D eigenvalue weighted by molar-refractivity contribution is -0.121. The Balaban J connectivity index is 1.32. The van der Waals surface area contributed by atoms with E-state index in [4.69, 9.17) is 9.47 Å². The van der Waals surface area contributed by atoms with Crippen molar-refractivity contribution in [1.82, 2.24) is 4.98 Å². The van der Waals surface area contributed by atoms with Gasteiger partial charge in [-0.3, -0.25) is 9.78 Å². The summed E-state index contributed by atoms with van der Waals surface area (Å²) in [5.74, 6) is 1.16. The molecule has 5 nitrogen and oxygen atoms in total. The molecule has 1 N–H and O–H groups in total. The summed E-state index contributed by atoms with van der Waals surface area (Å²) in [4.78, 5) is 16.4. The molecule has 0 spiro atoms. The topological polar surface area (TPSA) is 60.5 Å². The Morgan fingerprint density at radius 3 is 2.48 bits per heavy atom. The molecule has 1 amide bonds. The number of para-hydroxylation sites is 1. The van der Waals surface area contributed by atoms with Gasteiger partial charge in [-0.2, -0.15) is 0 Å². The molecule has 0 aliphatic carbocycles. The van der Waals surface area contributed by atoms with Gasteiger partial charge in [-0.15, -0.1) is 0 Å². The third-order valence-electron chi connectivity index (χ3n) is 4.31. The van der Waals surface area contributed by atoms with E-state index >= 15 is 0 Å². The first-order valence-corrected chi connectivity index (χ1v) is 9.31. The number of nitrogens with one attached hydrogen (secondary N) is 1. The minimum atomic E-state index is -0.201. The van der Waals surface area contributed by atoms with Crippen LogP contribution in [0.1, 0.15) is 5.56 Å². The Labute approximate surface area is 168 Å². The smallest absolute Gasteiger partial charge is 0.250 e. The normalized spacial score (nSPS) is 10.6. The number of pyridine rings is 1. The lowest BCUT2D eigenvalue weighted by atomic mass is 10.2. The van der Waals surface area contributed by atoms with Gasteiger partial charge < -0.3 is 14.8 Å². The van der Waals surface area contributed by atoms with Gasteiger partial charge >= 0.3 is 0 Å². The van der Waals surface area contributed by atoms with Crippen LogP contribution in [0, 0.1) is 0 Å². The predicted molar refractivity (Wildman–Crippen MR) is 113 cm³/mol. The van der Waals surface area contributed by atoms with Gasteiger partial charge in [0, 0.05) is 17.3 Å². The van der Waals surface area contributed by atoms with Crippen LogP contribution in [0.3, 0.4) is 0 Å². The zero-order valence-electron chi connectivity index (χ0n) is 15.7. The standard InChI is InChI=1S/C24H20N2O3/c27-23(17-28-16-18-6-2-1-3-7-18)26-20-11-13-21(14-12-20)29-22-10-4-8-19-9-5-15-25-24(19)22/h1-15H,16-17H2,(H,26,27). The summed E-state index contributed by atoms with van der Waals surface area (Å²) in [7, 11) is 0. The maximum absolute atomic E-state index is 12.0. The van der Waals surface area contributed by atoms with Crippen molar-refractivity contribution in [2.45, 2.75) is 6.61 Å². The average Bonchev–Trinajstić information content (AvgIpc) is 2.76. The van der Waals surface area contributed by atoms with Crippen LogP contribution in [-0.2, 0) is 16.1 Å². The highest BCUT2D eigenvalue weighted by atomic mass is 16.5. The van der Waals surface area contributed by atoms with Crippen molar-refractivity contribution in [2.75, 3.05) is 11.9 Å². The molecular weight excluding hydrogens is 364 g/mol. The molecule has 0 aliphatic heterocycles. The van der Waals surface area contributed by atoms with Crippen molar-refractivity contribution < 1.29 is 14.3 Å². The summed E-state index contributed by atoms with van der Waals surface area (Å²) in [6.07, 6.45) is 1.74. The molecular formula is C24H20N2O3. The number of aromatic nitrogens is 1. The Morgan fingerprint density at radius 2 is 1.66 bits per heavy atom. The largest absolute Gasteiger partial charge is 0.455 e. The third kappa shape index (κ3) is 4.97. The molecule has 0 fully saturated rings. The Morgan fingerprint density at radius 1 is 0.862 bits per heavy atom. The van der Waals surface area contributed by atoms with Gasteiger partial charge in [-0.05, 0) is 42.0 Å². The zero-order chi connectivity index (χ0) is 19.9. The molecule has 0 aliphatic rings. The number of benzene rings is 3. The maximum atomic E-state index is 12.0. The minimum Gasteiger partial charge on any atom is -0.455 e. The molecule has 1 heterocycles. The summed E-state index contributed by atoms with van der Waals surface area (Å²) in [5, 5.41) is 3.84. The fourth-order valence-corrected chi connectivity index (χ4v) is 2.92. The third-order valence-corrected chi connectivity index (χ3v) is 4.31. The van der Waals surface area contributed by atoms with E-state index in [-0.39, 0.29) is 12.5 Å². The molecule has 0 saturated carbocycles. The lowest BCUT2D eigenvalue weighted by Gasteiger charge is -2.10. The van der Waals surface area contributed by atoms with Crippen LogP contribution in [0.5, 0.6) is 11.5 Å². The number of amides is 1. The molecule has 5 heteroatoms. The molecule has 29 heavy (non-hydrogen) atoms. The first kappa shape index (κ1) is 18.7. The highest BCUT2D eigenvalue weighted by Gasteiger charge is 2.06. The Kier molecular flexibility index (Phi) is 5.78. The number of rotatable bonds is 7. The molecule has 0 atom stereocenters. The minimum absolute atomic E-state index is 0.00514. The van der Waals surface area contributed by atoms with E-state index in [0.717, 1.165) is 16.5 Å². The van der Waals surface area contributed by atoms with Gasteiger partial charge in [0.05, 0.1) is 6.61 Å². The van der Waals surface area contributed by atoms with Crippen LogP contribution < -0.4 is 10.1 Å². The molecule has 144 valence electrons. The number of anilines is 1. The maximum Gasteiger partial charge on any atom is 0.250 e. The van der Waals surface area contributed by atoms with Gasteiger partial charge in [-0.25, -0.2) is 0 Å². The molecule has 4 rings (SSSR count). The van der Waals surface area contributed by atoms with Crippen LogP contribution in [0.2, 0.25) is 0 Å². The van der Waals surface area contributed by atoms with Gasteiger partial charge in [-0.1, -0.05) is 48.5 Å². The molecule has 1 aromatic heterocycles. The number of carbonyl (C=O) groups is 1. The zero-order valence-corrected chi connectivity index (χ0v) is 15.7. The summed E-state index contributed by atoms with van der Waals surface area (Å²) < 4.78 is 11.4. The number of carbonyl (C=O) groups excluding carboxylic acids is 1. The van der Waals surface area contributed by atoms with Crippen molar-refractivity contribution in [3.05, 3.63) is 96.7 Å². The van der Waals surface area contributed by atoms with Crippen molar-refractivity contribution >= 4 is 22.5 Å². The number of nitrogens with zero attached hydrogens (tertiary/aromatic N) is 1. The van der Waals surface area contributed by atoms with E-state index in [1.54, 1.807) is 18.3 Å². The van der Waals surface area contributed by atoms with Crippen molar-refractivity contribution in [3.63, 3.8) is 0 Å². The van der Waals surface area contributed by atoms with E-state index in [9.17, 15) is 4.79 Å². The summed E-state index contributed by atoms with van der Waals surface area (Å²) in [5.41, 5.74) is 2.52. The van der Waals surface area contributed by atoms with Crippen LogP contribution >= 0.6 is 0 Å². The molecule has 0 bridgehead atoms. The highest BCUT2D eigenvalue weighted by Crippen LogP contribution is 2.28. The van der Waals surface area contributed by atoms with Crippen LogP contribution in [0.15, 0.2) is 91.1 Å². The summed E-state index contributed by atoms with van der Waals surface area (Å²) >= 11 is 0. The summed E-state index contributed by atoms with van der Waals surface area (Å²) in [6, 6.07) is 26.7.